The minimum Gasteiger partial charge on any atom is -0.507 e. The lowest BCUT2D eigenvalue weighted by Crippen LogP contribution is -2.59. The molecule has 0 radical (unpaired) electrons. The molecule has 2 aliphatic rings. The number of rotatable bonds is 4. The highest BCUT2D eigenvalue weighted by Gasteiger charge is 2.51. The number of halogens is 1. The third kappa shape index (κ3) is 3.23. The van der Waals surface area contributed by atoms with Crippen LogP contribution in [0.5, 0.6) is 11.6 Å². The molecule has 3 aromatic rings. The molecule has 7 nitrogen and oxygen atoms in total. The first-order valence-electron chi connectivity index (χ1n) is 9.74. The van der Waals surface area contributed by atoms with Crippen LogP contribution in [0.4, 0.5) is 4.39 Å². The van der Waals surface area contributed by atoms with Crippen molar-refractivity contribution in [1.82, 2.24) is 24.8 Å². The number of fused-ring (bicyclic) bond motifs is 2. The number of nitrogens with zero attached hydrogens (tertiary/aromatic N) is 4. The number of phenolic OH excluding ortho intramolecular Hbond substituents is 1. The number of hydrogen-bond acceptors (Lipinski definition) is 6. The van der Waals surface area contributed by atoms with Crippen molar-refractivity contribution in [2.45, 2.75) is 50.0 Å². The van der Waals surface area contributed by atoms with Gasteiger partial charge in [-0.15, -0.1) is 0 Å². The Labute approximate surface area is 167 Å². The molecule has 0 aliphatic carbocycles. The van der Waals surface area contributed by atoms with Crippen LogP contribution in [0.1, 0.15) is 26.2 Å². The number of aromatic nitrogens is 4. The molecule has 2 aromatic heterocycles. The summed E-state index contributed by atoms with van der Waals surface area (Å²) in [6.45, 7) is 1.91. The van der Waals surface area contributed by atoms with Crippen molar-refractivity contribution in [2.24, 2.45) is 0 Å². The predicted molar refractivity (Wildman–Crippen MR) is 105 cm³/mol. The second-order valence-electron chi connectivity index (χ2n) is 8.00. The summed E-state index contributed by atoms with van der Waals surface area (Å²) in [7, 11) is 0. The maximum atomic E-state index is 14.9. The van der Waals surface area contributed by atoms with E-state index in [0.717, 1.165) is 18.5 Å². The number of nitrogens with one attached hydrogen (secondary N) is 1. The zero-order valence-corrected chi connectivity index (χ0v) is 16.0. The molecule has 4 heterocycles. The van der Waals surface area contributed by atoms with Gasteiger partial charge >= 0.3 is 0 Å². The fourth-order valence-electron chi connectivity index (χ4n) is 4.38. The smallest absolute Gasteiger partial charge is 0.232 e. The van der Waals surface area contributed by atoms with Gasteiger partial charge in [-0.2, -0.15) is 0 Å². The largest absolute Gasteiger partial charge is 0.507 e. The van der Waals surface area contributed by atoms with E-state index in [1.165, 1.54) is 12.4 Å². The molecular weight excluding hydrogens is 373 g/mol. The fraction of sp³-hybridized carbons (Fsp3) is 0.381. The summed E-state index contributed by atoms with van der Waals surface area (Å²) in [6, 6.07) is 5.57. The van der Waals surface area contributed by atoms with E-state index in [4.69, 9.17) is 4.74 Å². The van der Waals surface area contributed by atoms with Gasteiger partial charge in [-0.25, -0.2) is 19.3 Å². The van der Waals surface area contributed by atoms with Gasteiger partial charge < -0.3 is 19.7 Å². The molecular formula is C21H22FN5O2. The van der Waals surface area contributed by atoms with E-state index in [-0.39, 0.29) is 11.8 Å². The highest BCUT2D eigenvalue weighted by atomic mass is 19.1. The Morgan fingerprint density at radius 1 is 1.31 bits per heavy atom. The summed E-state index contributed by atoms with van der Waals surface area (Å²) in [5.41, 5.74) is 1.34. The number of aromatic hydroxyl groups is 1. The maximum absolute atomic E-state index is 14.9. The molecule has 0 saturated carbocycles. The Morgan fingerprint density at radius 2 is 2.21 bits per heavy atom. The summed E-state index contributed by atoms with van der Waals surface area (Å²) in [6.07, 6.45) is 8.93. The van der Waals surface area contributed by atoms with Gasteiger partial charge in [0.05, 0.1) is 35.6 Å². The first-order chi connectivity index (χ1) is 14.0. The zero-order valence-electron chi connectivity index (χ0n) is 16.0. The van der Waals surface area contributed by atoms with Gasteiger partial charge in [0.2, 0.25) is 5.88 Å². The van der Waals surface area contributed by atoms with Crippen LogP contribution in [0, 0.1) is 0 Å². The molecule has 2 bridgehead atoms. The first-order valence-corrected chi connectivity index (χ1v) is 9.74. The van der Waals surface area contributed by atoms with Crippen LogP contribution in [-0.4, -0.2) is 48.5 Å². The summed E-state index contributed by atoms with van der Waals surface area (Å²) >= 11 is 0. The lowest BCUT2D eigenvalue weighted by atomic mass is 9.88. The van der Waals surface area contributed by atoms with E-state index in [1.807, 2.05) is 13.0 Å². The van der Waals surface area contributed by atoms with Crippen molar-refractivity contribution < 1.29 is 14.2 Å². The lowest BCUT2D eigenvalue weighted by Gasteiger charge is -2.39. The van der Waals surface area contributed by atoms with E-state index < -0.39 is 17.8 Å². The maximum Gasteiger partial charge on any atom is 0.232 e. The summed E-state index contributed by atoms with van der Waals surface area (Å²) < 4.78 is 22.5. The second-order valence-corrected chi connectivity index (χ2v) is 8.00. The standard InChI is InChI=1S/C21H22FN5O2/c1-21-5-4-13(26-21)8-18(20(21)22)29-19-11-24-16(10-25-19)15-3-2-14(9-17(15)28)27-7-6-23-12-27/h2-3,6-7,9-13,18,20,26,28H,4-5,8H2,1H3/t13-,18-,20-,21+/m0/s1. The molecule has 2 N–H and O–H groups in total. The highest BCUT2D eigenvalue weighted by molar-refractivity contribution is 5.68. The van der Waals surface area contributed by atoms with Crippen molar-refractivity contribution in [3.8, 4) is 28.6 Å². The SMILES string of the molecule is C[C@@]12CC[C@@H](C[C@H](Oc3cnc(-c4ccc(-n5ccnc5)cc4O)cn3)[C@@H]1F)N2. The Hall–Kier alpha value is -3.00. The average Bonchev–Trinajstić information content (AvgIpc) is 3.36. The Morgan fingerprint density at radius 3 is 2.93 bits per heavy atom. The van der Waals surface area contributed by atoms with E-state index in [2.05, 4.69) is 20.3 Å². The third-order valence-corrected chi connectivity index (χ3v) is 5.96. The van der Waals surface area contributed by atoms with Crippen molar-refractivity contribution in [3.05, 3.63) is 49.3 Å². The topological polar surface area (TPSA) is 85.1 Å². The summed E-state index contributed by atoms with van der Waals surface area (Å²) in [4.78, 5) is 12.7. The van der Waals surface area contributed by atoms with Gasteiger partial charge in [0.15, 0.2) is 6.17 Å². The van der Waals surface area contributed by atoms with Crippen LogP contribution in [-0.2, 0) is 0 Å². The van der Waals surface area contributed by atoms with Gasteiger partial charge in [0.1, 0.15) is 11.9 Å². The van der Waals surface area contributed by atoms with Crippen molar-refractivity contribution in [1.29, 1.82) is 0 Å². The molecule has 0 spiro atoms. The van der Waals surface area contributed by atoms with Gasteiger partial charge in [0, 0.05) is 36.5 Å². The second kappa shape index (κ2) is 6.81. The average molecular weight is 395 g/mol. The number of ether oxygens (including phenoxy) is 1. The minimum absolute atomic E-state index is 0.0887. The molecule has 5 rings (SSSR count). The zero-order chi connectivity index (χ0) is 20.0. The molecule has 4 atom stereocenters. The van der Waals surface area contributed by atoms with Crippen molar-refractivity contribution in [2.75, 3.05) is 0 Å². The van der Waals surface area contributed by atoms with Crippen molar-refractivity contribution >= 4 is 0 Å². The summed E-state index contributed by atoms with van der Waals surface area (Å²) in [5.74, 6) is 0.381. The molecule has 0 amide bonds. The van der Waals surface area contributed by atoms with E-state index in [1.54, 1.807) is 35.4 Å². The number of hydrogen-bond donors (Lipinski definition) is 2. The predicted octanol–water partition coefficient (Wildman–Crippen LogP) is 3.03. The minimum atomic E-state index is -1.09. The first kappa shape index (κ1) is 18.1. The molecule has 0 unspecified atom stereocenters. The van der Waals surface area contributed by atoms with E-state index >= 15 is 0 Å². The number of piperidine rings is 1. The monoisotopic (exact) mass is 395 g/mol. The van der Waals surface area contributed by atoms with E-state index in [9.17, 15) is 9.50 Å². The highest BCUT2D eigenvalue weighted by Crippen LogP contribution is 2.39. The van der Waals surface area contributed by atoms with Crippen LogP contribution in [0.25, 0.3) is 16.9 Å². The third-order valence-electron chi connectivity index (χ3n) is 5.96. The van der Waals surface area contributed by atoms with E-state index in [0.29, 0.717) is 23.6 Å². The molecule has 2 saturated heterocycles. The lowest BCUT2D eigenvalue weighted by molar-refractivity contribution is 0.00840. The molecule has 2 aliphatic heterocycles. The molecule has 150 valence electrons. The quantitative estimate of drug-likeness (QED) is 0.706. The van der Waals surface area contributed by atoms with Crippen LogP contribution >= 0.6 is 0 Å². The van der Waals surface area contributed by atoms with Gasteiger partial charge in [-0.3, -0.25) is 0 Å². The molecule has 8 heteroatoms. The number of phenols is 1. The number of benzene rings is 1. The van der Waals surface area contributed by atoms with Crippen LogP contribution in [0.2, 0.25) is 0 Å². The van der Waals surface area contributed by atoms with Crippen molar-refractivity contribution in [3.63, 3.8) is 0 Å². The molecule has 2 fully saturated rings. The van der Waals surface area contributed by atoms with Crippen LogP contribution < -0.4 is 10.1 Å². The normalized spacial score (nSPS) is 28.4. The Balaban J connectivity index is 1.33. The van der Waals surface area contributed by atoms with Gasteiger partial charge in [-0.05, 0) is 31.9 Å². The van der Waals surface area contributed by atoms with Gasteiger partial charge in [0.25, 0.3) is 0 Å². The Bertz CT molecular complexity index is 1010. The molecule has 29 heavy (non-hydrogen) atoms. The fourth-order valence-corrected chi connectivity index (χ4v) is 4.38. The summed E-state index contributed by atoms with van der Waals surface area (Å²) in [5, 5.41) is 13.8. The number of imidazole rings is 1. The van der Waals surface area contributed by atoms with Crippen LogP contribution in [0.15, 0.2) is 49.3 Å². The van der Waals surface area contributed by atoms with Crippen LogP contribution in [0.3, 0.4) is 0 Å². The molecule has 1 aromatic carbocycles. The Kier molecular flexibility index (Phi) is 4.24. The number of alkyl halides is 1. The van der Waals surface area contributed by atoms with Gasteiger partial charge in [-0.1, -0.05) is 0 Å².